The first-order valence-electron chi connectivity index (χ1n) is 14.1. The normalized spacial score (nSPS) is 14.0. The van der Waals surface area contributed by atoms with E-state index in [1.54, 1.807) is 0 Å². The molecule has 190 valence electrons. The Morgan fingerprint density at radius 1 is 0.512 bits per heavy atom. The Labute approximate surface area is 235 Å². The highest BCUT2D eigenvalue weighted by molar-refractivity contribution is 6.10. The molecule has 0 saturated carbocycles. The molecular weight excluding hydrogens is 500 g/mol. The van der Waals surface area contributed by atoms with Gasteiger partial charge < -0.3 is 4.42 Å². The van der Waals surface area contributed by atoms with E-state index in [9.17, 15) is 0 Å². The summed E-state index contributed by atoms with van der Waals surface area (Å²) in [6, 6.07) is 48.0. The molecule has 1 spiro atoms. The van der Waals surface area contributed by atoms with E-state index in [2.05, 4.69) is 126 Å². The zero-order valence-electron chi connectivity index (χ0n) is 22.0. The zero-order valence-corrected chi connectivity index (χ0v) is 22.0. The molecule has 3 heterocycles. The van der Waals surface area contributed by atoms with Crippen LogP contribution in [0.1, 0.15) is 22.3 Å². The van der Waals surface area contributed by atoms with Gasteiger partial charge >= 0.3 is 0 Å². The first kappa shape index (κ1) is 21.4. The largest absolute Gasteiger partial charge is 0.455 e. The number of rotatable bonds is 1. The maximum absolute atomic E-state index is 6.50. The first-order valence-corrected chi connectivity index (χ1v) is 14.1. The minimum absolute atomic E-state index is 0.429. The second-order valence-electron chi connectivity index (χ2n) is 11.1. The van der Waals surface area contributed by atoms with Crippen LogP contribution in [-0.4, -0.2) is 9.55 Å². The molecular formula is C38H22N2O. The van der Waals surface area contributed by atoms with E-state index < -0.39 is 5.41 Å². The van der Waals surface area contributed by atoms with E-state index in [1.807, 2.05) is 12.1 Å². The fourth-order valence-electron chi connectivity index (χ4n) is 7.71. The van der Waals surface area contributed by atoms with Gasteiger partial charge in [-0.25, -0.2) is 4.98 Å². The Morgan fingerprint density at radius 3 is 1.95 bits per heavy atom. The molecule has 0 N–H and O–H groups in total. The fraction of sp³-hybridized carbons (Fsp3) is 0.0263. The Balaban J connectivity index is 1.39. The predicted octanol–water partition coefficient (Wildman–Crippen LogP) is 9.27. The molecule has 2 aliphatic rings. The van der Waals surface area contributed by atoms with Gasteiger partial charge in [0.25, 0.3) is 0 Å². The molecule has 0 bridgehead atoms. The molecule has 6 aromatic carbocycles. The van der Waals surface area contributed by atoms with Crippen molar-refractivity contribution in [2.75, 3.05) is 0 Å². The minimum Gasteiger partial charge on any atom is -0.455 e. The summed E-state index contributed by atoms with van der Waals surface area (Å²) < 4.78 is 8.87. The van der Waals surface area contributed by atoms with Crippen LogP contribution in [0.25, 0.3) is 61.2 Å². The predicted molar refractivity (Wildman–Crippen MR) is 165 cm³/mol. The molecule has 0 atom stereocenters. The van der Waals surface area contributed by atoms with Crippen LogP contribution in [0.15, 0.2) is 138 Å². The van der Waals surface area contributed by atoms with Crippen molar-refractivity contribution in [3.05, 3.63) is 156 Å². The van der Waals surface area contributed by atoms with Crippen molar-refractivity contribution in [3.63, 3.8) is 0 Å². The van der Waals surface area contributed by atoms with Crippen LogP contribution >= 0.6 is 0 Å². The van der Waals surface area contributed by atoms with Gasteiger partial charge in [0.15, 0.2) is 0 Å². The second-order valence-corrected chi connectivity index (χ2v) is 11.1. The number of aromatic nitrogens is 2. The molecule has 1 aliphatic heterocycles. The average molecular weight is 523 g/mol. The lowest BCUT2D eigenvalue weighted by Crippen LogP contribution is -2.33. The molecule has 3 heteroatoms. The summed E-state index contributed by atoms with van der Waals surface area (Å²) in [5, 5.41) is 2.23. The quantitative estimate of drug-likeness (QED) is 0.215. The monoisotopic (exact) mass is 522 g/mol. The van der Waals surface area contributed by atoms with Gasteiger partial charge in [0.05, 0.1) is 27.7 Å². The summed E-state index contributed by atoms with van der Waals surface area (Å²) in [5.41, 5.74) is 13.4. The van der Waals surface area contributed by atoms with E-state index in [1.165, 1.54) is 33.4 Å². The number of para-hydroxylation sites is 4. The van der Waals surface area contributed by atoms with E-state index >= 15 is 0 Å². The molecule has 0 amide bonds. The summed E-state index contributed by atoms with van der Waals surface area (Å²) in [6.45, 7) is 0. The summed E-state index contributed by atoms with van der Waals surface area (Å²) >= 11 is 0. The summed E-state index contributed by atoms with van der Waals surface area (Å²) in [7, 11) is 0. The molecule has 0 radical (unpaired) electrons. The number of benzene rings is 6. The van der Waals surface area contributed by atoms with E-state index in [0.717, 1.165) is 50.0 Å². The molecule has 1 aliphatic carbocycles. The maximum atomic E-state index is 6.50. The molecule has 0 saturated heterocycles. The summed E-state index contributed by atoms with van der Waals surface area (Å²) in [4.78, 5) is 5.34. The third-order valence-electron chi connectivity index (χ3n) is 9.23. The first-order chi connectivity index (χ1) is 20.4. The van der Waals surface area contributed by atoms with Gasteiger partial charge in [0, 0.05) is 10.8 Å². The van der Waals surface area contributed by atoms with E-state index in [-0.39, 0.29) is 0 Å². The highest BCUT2D eigenvalue weighted by atomic mass is 16.3. The van der Waals surface area contributed by atoms with E-state index in [0.29, 0.717) is 0 Å². The van der Waals surface area contributed by atoms with Gasteiger partial charge in [-0.2, -0.15) is 0 Å². The molecule has 2 aromatic heterocycles. The van der Waals surface area contributed by atoms with Crippen molar-refractivity contribution in [3.8, 4) is 28.2 Å². The fourth-order valence-corrected chi connectivity index (χ4v) is 7.71. The van der Waals surface area contributed by atoms with E-state index in [4.69, 9.17) is 9.40 Å². The number of fused-ring (bicyclic) bond motifs is 12. The van der Waals surface area contributed by atoms with Crippen LogP contribution < -0.4 is 0 Å². The molecule has 0 fully saturated rings. The van der Waals surface area contributed by atoms with Crippen LogP contribution in [0.2, 0.25) is 0 Å². The SMILES string of the molecule is c1ccc2c(c1)-c1ccccc1C21c2ccccc2-n2c(-c3cccc4c3oc3ccccc34)nc3cccc1c32. The molecule has 10 rings (SSSR count). The lowest BCUT2D eigenvalue weighted by atomic mass is 9.65. The van der Waals surface area contributed by atoms with Gasteiger partial charge in [-0.3, -0.25) is 4.57 Å². The zero-order chi connectivity index (χ0) is 26.7. The molecule has 3 nitrogen and oxygen atoms in total. The van der Waals surface area contributed by atoms with Crippen LogP contribution in [0, 0.1) is 0 Å². The van der Waals surface area contributed by atoms with Crippen molar-refractivity contribution < 1.29 is 4.42 Å². The number of hydrogen-bond donors (Lipinski definition) is 0. The third kappa shape index (κ3) is 2.44. The average Bonchev–Trinajstić information content (AvgIpc) is 3.70. The number of imidazole rings is 1. The van der Waals surface area contributed by atoms with Gasteiger partial charge in [0.2, 0.25) is 0 Å². The summed E-state index contributed by atoms with van der Waals surface area (Å²) in [6.07, 6.45) is 0. The van der Waals surface area contributed by atoms with Crippen LogP contribution in [0.4, 0.5) is 0 Å². The highest BCUT2D eigenvalue weighted by Gasteiger charge is 2.50. The number of furan rings is 1. The van der Waals surface area contributed by atoms with Crippen molar-refractivity contribution in [1.29, 1.82) is 0 Å². The molecule has 8 aromatic rings. The Kier molecular flexibility index (Phi) is 3.87. The van der Waals surface area contributed by atoms with Crippen LogP contribution in [0.5, 0.6) is 0 Å². The van der Waals surface area contributed by atoms with Gasteiger partial charge in [0.1, 0.15) is 17.0 Å². The van der Waals surface area contributed by atoms with Gasteiger partial charge in [-0.15, -0.1) is 0 Å². The maximum Gasteiger partial charge on any atom is 0.149 e. The molecule has 0 unspecified atom stereocenters. The number of nitrogens with zero attached hydrogens (tertiary/aromatic N) is 2. The van der Waals surface area contributed by atoms with Crippen LogP contribution in [-0.2, 0) is 5.41 Å². The topological polar surface area (TPSA) is 31.0 Å². The lowest BCUT2D eigenvalue weighted by Gasteiger charge is -2.39. The molecule has 41 heavy (non-hydrogen) atoms. The lowest BCUT2D eigenvalue weighted by molar-refractivity contribution is 0.669. The van der Waals surface area contributed by atoms with Crippen molar-refractivity contribution >= 4 is 33.0 Å². The Morgan fingerprint density at radius 2 is 1.12 bits per heavy atom. The minimum atomic E-state index is -0.429. The van der Waals surface area contributed by atoms with Crippen molar-refractivity contribution in [2.45, 2.75) is 5.41 Å². The van der Waals surface area contributed by atoms with Gasteiger partial charge in [-0.05, 0) is 57.6 Å². The van der Waals surface area contributed by atoms with Gasteiger partial charge in [-0.1, -0.05) is 109 Å². The van der Waals surface area contributed by atoms with Crippen LogP contribution in [0.3, 0.4) is 0 Å². The highest BCUT2D eigenvalue weighted by Crippen LogP contribution is 2.60. The van der Waals surface area contributed by atoms with Crippen molar-refractivity contribution in [1.82, 2.24) is 9.55 Å². The summed E-state index contributed by atoms with van der Waals surface area (Å²) in [5.74, 6) is 0.902. The number of hydrogen-bond acceptors (Lipinski definition) is 2. The Bertz CT molecular complexity index is 2340. The van der Waals surface area contributed by atoms with Crippen molar-refractivity contribution in [2.24, 2.45) is 0 Å². The second kappa shape index (κ2) is 7.41. The third-order valence-corrected chi connectivity index (χ3v) is 9.23. The smallest absolute Gasteiger partial charge is 0.149 e. The standard InChI is InChI=1S/C38H22N2O/c1-4-16-28-23(11-1)24-12-2-5-17-29(24)38(28)30-18-6-7-21-33(30)40-35-31(38)19-10-20-32(35)39-37(40)27-15-9-14-26-25-13-3-8-22-34(25)41-36(26)27/h1-22H. The Hall–Kier alpha value is -5.41.